The van der Waals surface area contributed by atoms with Gasteiger partial charge in [-0.1, -0.05) is 36.8 Å². The quantitative estimate of drug-likeness (QED) is 0.532. The Morgan fingerprint density at radius 3 is 2.71 bits per heavy atom. The summed E-state index contributed by atoms with van der Waals surface area (Å²) in [5.41, 5.74) is 0.901. The van der Waals surface area contributed by atoms with Gasteiger partial charge in [-0.05, 0) is 56.7 Å². The Morgan fingerprint density at radius 2 is 1.91 bits per heavy atom. The van der Waals surface area contributed by atoms with Crippen LogP contribution in [0.3, 0.4) is 0 Å². The second-order valence-corrected chi connectivity index (χ2v) is 9.78. The van der Waals surface area contributed by atoms with Crippen molar-refractivity contribution in [3.05, 3.63) is 35.9 Å². The molecule has 0 aliphatic carbocycles. The van der Waals surface area contributed by atoms with Gasteiger partial charge < -0.3 is 19.9 Å². The largest absolute Gasteiger partial charge is 0.383 e. The molecule has 3 atom stereocenters. The van der Waals surface area contributed by atoms with Gasteiger partial charge in [0.1, 0.15) is 6.04 Å². The highest BCUT2D eigenvalue weighted by Gasteiger charge is 2.39. The second kappa shape index (κ2) is 11.8. The van der Waals surface area contributed by atoms with Crippen molar-refractivity contribution >= 4 is 17.8 Å². The van der Waals surface area contributed by atoms with Gasteiger partial charge in [-0.2, -0.15) is 0 Å². The Labute approximate surface area is 202 Å². The molecule has 4 amide bonds. The lowest BCUT2D eigenvalue weighted by Crippen LogP contribution is -2.52. The molecule has 3 fully saturated rings. The summed E-state index contributed by atoms with van der Waals surface area (Å²) < 4.78 is 5.28. The van der Waals surface area contributed by atoms with E-state index in [0.29, 0.717) is 31.5 Å². The number of carbonyl (C=O) groups is 3. The fourth-order valence-corrected chi connectivity index (χ4v) is 5.71. The second-order valence-electron chi connectivity index (χ2n) is 9.78. The van der Waals surface area contributed by atoms with Gasteiger partial charge in [0.25, 0.3) is 5.91 Å². The number of rotatable bonds is 10. The fourth-order valence-electron chi connectivity index (χ4n) is 5.71. The van der Waals surface area contributed by atoms with E-state index in [-0.39, 0.29) is 30.8 Å². The van der Waals surface area contributed by atoms with Crippen LogP contribution in [-0.2, 0) is 20.9 Å². The first-order valence-corrected chi connectivity index (χ1v) is 12.7. The van der Waals surface area contributed by atoms with Crippen LogP contribution < -0.4 is 5.32 Å². The molecule has 1 N–H and O–H groups in total. The monoisotopic (exact) mass is 470 g/mol. The zero-order valence-electron chi connectivity index (χ0n) is 20.3. The zero-order chi connectivity index (χ0) is 23.9. The maximum Gasteiger partial charge on any atom is 0.325 e. The molecule has 8 heteroatoms. The summed E-state index contributed by atoms with van der Waals surface area (Å²) in [5, 5.41) is 2.77. The number of fused-ring (bicyclic) bond motifs is 1. The van der Waals surface area contributed by atoms with Crippen molar-refractivity contribution < 1.29 is 19.1 Å². The Hall–Kier alpha value is -2.45. The van der Waals surface area contributed by atoms with Gasteiger partial charge in [-0.3, -0.25) is 14.5 Å². The predicted molar refractivity (Wildman–Crippen MR) is 129 cm³/mol. The number of piperidine rings is 2. The van der Waals surface area contributed by atoms with Crippen molar-refractivity contribution in [3.8, 4) is 0 Å². The fraction of sp³-hybridized carbons (Fsp3) is 0.654. The molecule has 0 unspecified atom stereocenters. The van der Waals surface area contributed by atoms with Crippen LogP contribution in [0.5, 0.6) is 0 Å². The van der Waals surface area contributed by atoms with Gasteiger partial charge in [0.2, 0.25) is 5.91 Å². The third kappa shape index (κ3) is 5.96. The van der Waals surface area contributed by atoms with E-state index in [1.165, 1.54) is 43.7 Å². The van der Waals surface area contributed by atoms with Crippen molar-refractivity contribution in [1.82, 2.24) is 20.0 Å². The first kappa shape index (κ1) is 24.7. The molecule has 3 aliphatic rings. The number of ether oxygens (including phenoxy) is 1. The predicted octanol–water partition coefficient (Wildman–Crippen LogP) is 2.63. The molecule has 0 spiro atoms. The van der Waals surface area contributed by atoms with Gasteiger partial charge in [-0.25, -0.2) is 4.79 Å². The Balaban J connectivity index is 1.32. The number of amides is 4. The number of imide groups is 1. The van der Waals surface area contributed by atoms with Gasteiger partial charge >= 0.3 is 6.03 Å². The summed E-state index contributed by atoms with van der Waals surface area (Å²) in [4.78, 5) is 44.2. The molecule has 0 saturated carbocycles. The van der Waals surface area contributed by atoms with Crippen LogP contribution in [0.2, 0.25) is 0 Å². The van der Waals surface area contributed by atoms with E-state index in [4.69, 9.17) is 4.74 Å². The number of nitrogens with one attached hydrogen (secondary N) is 1. The minimum atomic E-state index is -0.645. The van der Waals surface area contributed by atoms with Crippen molar-refractivity contribution in [3.63, 3.8) is 0 Å². The summed E-state index contributed by atoms with van der Waals surface area (Å²) in [6.07, 6.45) is 6.66. The smallest absolute Gasteiger partial charge is 0.325 e. The number of carbonyl (C=O) groups excluding carboxylic acids is 3. The molecule has 0 radical (unpaired) electrons. The summed E-state index contributed by atoms with van der Waals surface area (Å²) >= 11 is 0. The van der Waals surface area contributed by atoms with Crippen LogP contribution in [0.25, 0.3) is 0 Å². The van der Waals surface area contributed by atoms with E-state index in [1.54, 1.807) is 7.11 Å². The van der Waals surface area contributed by atoms with Crippen LogP contribution in [-0.4, -0.2) is 84.5 Å². The highest BCUT2D eigenvalue weighted by molar-refractivity contribution is 6.04. The minimum Gasteiger partial charge on any atom is -0.383 e. The lowest BCUT2D eigenvalue weighted by atomic mass is 9.83. The van der Waals surface area contributed by atoms with Crippen LogP contribution in [0, 0.1) is 5.92 Å². The normalized spacial score (nSPS) is 25.2. The molecule has 3 saturated heterocycles. The lowest BCUT2D eigenvalue weighted by Gasteiger charge is -2.45. The van der Waals surface area contributed by atoms with E-state index in [9.17, 15) is 14.4 Å². The molecule has 0 bridgehead atoms. The lowest BCUT2D eigenvalue weighted by molar-refractivity contribution is -0.134. The third-order valence-electron chi connectivity index (χ3n) is 7.54. The molecule has 3 aliphatic heterocycles. The molecule has 0 aromatic heterocycles. The topological polar surface area (TPSA) is 82.2 Å². The van der Waals surface area contributed by atoms with E-state index < -0.39 is 6.04 Å². The molecule has 1 aromatic carbocycles. The highest BCUT2D eigenvalue weighted by Crippen LogP contribution is 2.31. The Kier molecular flexibility index (Phi) is 8.56. The number of hydrogen-bond donors (Lipinski definition) is 1. The van der Waals surface area contributed by atoms with E-state index in [2.05, 4.69) is 10.2 Å². The highest BCUT2D eigenvalue weighted by atomic mass is 16.5. The van der Waals surface area contributed by atoms with Gasteiger partial charge in [0, 0.05) is 32.7 Å². The SMILES string of the molecule is COCCN(C[C@@H]1CCCN2CCCC[C@@H]12)C(=O)CC[C@@H]1NC(=O)N(Cc2ccccc2)C1=O. The zero-order valence-corrected chi connectivity index (χ0v) is 20.3. The van der Waals surface area contributed by atoms with E-state index >= 15 is 0 Å². The van der Waals surface area contributed by atoms with Gasteiger partial charge in [0.05, 0.1) is 13.2 Å². The number of benzene rings is 1. The summed E-state index contributed by atoms with van der Waals surface area (Å²) in [7, 11) is 1.65. The summed E-state index contributed by atoms with van der Waals surface area (Å²) in [6, 6.07) is 9.00. The molecule has 8 nitrogen and oxygen atoms in total. The maximum absolute atomic E-state index is 13.2. The molecule has 34 heavy (non-hydrogen) atoms. The standard InChI is InChI=1S/C26H38N4O4/c1-34-17-16-29(19-21-10-7-15-28-14-6-5-11-23(21)28)24(31)13-12-22-25(32)30(26(33)27-22)18-20-8-3-2-4-9-20/h2-4,8-9,21-23H,5-7,10-19H2,1H3,(H,27,33)/t21-,22-,23-/m0/s1. The first-order chi connectivity index (χ1) is 16.6. The average Bonchev–Trinajstić information content (AvgIpc) is 3.13. The minimum absolute atomic E-state index is 0.0357. The van der Waals surface area contributed by atoms with E-state index in [0.717, 1.165) is 18.5 Å². The molecule has 1 aromatic rings. The van der Waals surface area contributed by atoms with Crippen LogP contribution in [0.15, 0.2) is 30.3 Å². The molecular weight excluding hydrogens is 432 g/mol. The van der Waals surface area contributed by atoms with Crippen molar-refractivity contribution in [2.24, 2.45) is 5.92 Å². The molecule has 186 valence electrons. The molecule has 4 rings (SSSR count). The Bertz CT molecular complexity index is 846. The van der Waals surface area contributed by atoms with Gasteiger partial charge in [0.15, 0.2) is 0 Å². The number of methoxy groups -OCH3 is 1. The molecular formula is C26H38N4O4. The summed E-state index contributed by atoms with van der Waals surface area (Å²) in [6.45, 7) is 4.40. The van der Waals surface area contributed by atoms with Crippen LogP contribution >= 0.6 is 0 Å². The number of hydrogen-bond acceptors (Lipinski definition) is 5. The first-order valence-electron chi connectivity index (χ1n) is 12.7. The van der Waals surface area contributed by atoms with E-state index in [1.807, 2.05) is 35.2 Å². The van der Waals surface area contributed by atoms with Crippen LogP contribution in [0.1, 0.15) is 50.5 Å². The van der Waals surface area contributed by atoms with Crippen molar-refractivity contribution in [1.29, 1.82) is 0 Å². The Morgan fingerprint density at radius 1 is 1.12 bits per heavy atom. The third-order valence-corrected chi connectivity index (χ3v) is 7.54. The summed E-state index contributed by atoms with van der Waals surface area (Å²) in [5.74, 6) is 0.271. The number of nitrogens with zero attached hydrogens (tertiary/aromatic N) is 3. The molecule has 3 heterocycles. The average molecular weight is 471 g/mol. The maximum atomic E-state index is 13.2. The number of urea groups is 1. The van der Waals surface area contributed by atoms with Gasteiger partial charge in [-0.15, -0.1) is 0 Å². The van der Waals surface area contributed by atoms with Crippen molar-refractivity contribution in [2.75, 3.05) is 39.9 Å². The van der Waals surface area contributed by atoms with Crippen molar-refractivity contribution in [2.45, 2.75) is 63.6 Å². The van der Waals surface area contributed by atoms with Crippen LogP contribution in [0.4, 0.5) is 4.79 Å².